The number of benzene rings is 1. The number of nitrogens with one attached hydrogen (secondary N) is 2. The molecule has 1 aromatic carbocycles. The molecule has 1 fully saturated rings. The Morgan fingerprint density at radius 2 is 1.89 bits per heavy atom. The highest BCUT2D eigenvalue weighted by atomic mass is 16.2. The Kier molecular flexibility index (Phi) is 4.98. The molecule has 2 heterocycles. The Morgan fingerprint density at radius 3 is 2.57 bits per heavy atom. The fourth-order valence-corrected chi connectivity index (χ4v) is 4.06. The highest BCUT2D eigenvalue weighted by Crippen LogP contribution is 2.36. The first kappa shape index (κ1) is 18.4. The summed E-state index contributed by atoms with van der Waals surface area (Å²) in [5.41, 5.74) is 1.93. The van der Waals surface area contributed by atoms with Gasteiger partial charge in [-0.05, 0) is 38.3 Å². The zero-order chi connectivity index (χ0) is 19.7. The van der Waals surface area contributed by atoms with Crippen molar-refractivity contribution in [1.82, 2.24) is 20.2 Å². The molecule has 3 atom stereocenters. The lowest BCUT2D eigenvalue weighted by atomic mass is 9.85. The number of carbonyl (C=O) groups is 3. The Morgan fingerprint density at radius 1 is 1.21 bits per heavy atom. The van der Waals surface area contributed by atoms with Gasteiger partial charge in [-0.15, -0.1) is 0 Å². The van der Waals surface area contributed by atoms with Crippen LogP contribution in [0.4, 0.5) is 0 Å². The van der Waals surface area contributed by atoms with Crippen molar-refractivity contribution in [2.45, 2.75) is 38.6 Å². The average molecular weight is 380 g/mol. The molecular weight excluding hydrogens is 356 g/mol. The summed E-state index contributed by atoms with van der Waals surface area (Å²) < 4.78 is 0. The second kappa shape index (κ2) is 7.58. The summed E-state index contributed by atoms with van der Waals surface area (Å²) >= 11 is 0. The van der Waals surface area contributed by atoms with Crippen LogP contribution in [0, 0.1) is 11.8 Å². The first-order valence-corrected chi connectivity index (χ1v) is 9.79. The number of carbonyl (C=O) groups excluding carboxylic acids is 3. The lowest BCUT2D eigenvalue weighted by Gasteiger charge is -2.22. The summed E-state index contributed by atoms with van der Waals surface area (Å²) in [5.74, 6) is -0.460. The highest BCUT2D eigenvalue weighted by Gasteiger charge is 2.49. The van der Waals surface area contributed by atoms with Gasteiger partial charge in [0.1, 0.15) is 11.9 Å². The largest absolute Gasteiger partial charge is 0.354 e. The minimum atomic E-state index is -0.781. The zero-order valence-corrected chi connectivity index (χ0v) is 15.9. The van der Waals surface area contributed by atoms with Gasteiger partial charge in [-0.3, -0.25) is 19.3 Å². The number of amides is 3. The molecule has 0 saturated carbocycles. The Balaban J connectivity index is 1.29. The SMILES string of the molecule is C[C@@H](C(=O)NCCCc1nc2ccccc2[nH]1)N1C(=O)[C@H]2CC=CC[C@H]2C1=O. The molecule has 0 spiro atoms. The van der Waals surface area contributed by atoms with Crippen LogP contribution < -0.4 is 5.32 Å². The van der Waals surface area contributed by atoms with E-state index in [1.54, 1.807) is 6.92 Å². The van der Waals surface area contributed by atoms with E-state index in [0.29, 0.717) is 25.8 Å². The highest BCUT2D eigenvalue weighted by molar-refractivity contribution is 6.08. The van der Waals surface area contributed by atoms with Crippen molar-refractivity contribution in [2.75, 3.05) is 6.54 Å². The number of nitrogens with zero attached hydrogens (tertiary/aromatic N) is 2. The van der Waals surface area contributed by atoms with Crippen molar-refractivity contribution in [2.24, 2.45) is 11.8 Å². The molecule has 1 saturated heterocycles. The molecule has 28 heavy (non-hydrogen) atoms. The molecule has 1 aliphatic heterocycles. The van der Waals surface area contributed by atoms with Crippen molar-refractivity contribution >= 4 is 28.8 Å². The van der Waals surface area contributed by atoms with Gasteiger partial charge in [0.2, 0.25) is 17.7 Å². The number of likely N-dealkylation sites (tertiary alicyclic amines) is 1. The van der Waals surface area contributed by atoms with Gasteiger partial charge in [0, 0.05) is 13.0 Å². The van der Waals surface area contributed by atoms with Crippen LogP contribution in [0.2, 0.25) is 0 Å². The third-order valence-electron chi connectivity index (χ3n) is 5.64. The number of para-hydroxylation sites is 2. The average Bonchev–Trinajstić information content (AvgIpc) is 3.23. The first-order chi connectivity index (χ1) is 13.6. The number of imidazole rings is 1. The second-order valence-electron chi connectivity index (χ2n) is 7.47. The molecular formula is C21H24N4O3. The maximum Gasteiger partial charge on any atom is 0.243 e. The summed E-state index contributed by atoms with van der Waals surface area (Å²) in [6.07, 6.45) is 6.47. The van der Waals surface area contributed by atoms with E-state index in [-0.39, 0.29) is 29.6 Å². The molecule has 3 amide bonds. The third-order valence-corrected chi connectivity index (χ3v) is 5.64. The monoisotopic (exact) mass is 380 g/mol. The van der Waals surface area contributed by atoms with Crippen molar-refractivity contribution in [3.8, 4) is 0 Å². The summed E-state index contributed by atoms with van der Waals surface area (Å²) in [4.78, 5) is 46.6. The Labute approximate surface area is 163 Å². The standard InChI is InChI=1S/C21H24N4O3/c1-13(25-20(27)14-7-2-3-8-15(14)21(25)28)19(26)22-12-6-11-18-23-16-9-4-5-10-17(16)24-18/h2-5,9-10,13-15H,6-8,11-12H2,1H3,(H,22,26)(H,23,24)/t13-,14-,15+/m0/s1. The quantitative estimate of drug-likeness (QED) is 0.455. The Hall–Kier alpha value is -2.96. The fraction of sp³-hybridized carbons (Fsp3) is 0.429. The van der Waals surface area contributed by atoms with Crippen LogP contribution in [-0.2, 0) is 20.8 Å². The summed E-state index contributed by atoms with van der Waals surface area (Å²) in [6.45, 7) is 2.08. The minimum absolute atomic E-state index is 0.218. The van der Waals surface area contributed by atoms with Gasteiger partial charge < -0.3 is 10.3 Å². The maximum atomic E-state index is 12.6. The fourth-order valence-electron chi connectivity index (χ4n) is 4.06. The lowest BCUT2D eigenvalue weighted by Crippen LogP contribution is -2.48. The van der Waals surface area contributed by atoms with Crippen molar-refractivity contribution < 1.29 is 14.4 Å². The van der Waals surface area contributed by atoms with E-state index < -0.39 is 6.04 Å². The van der Waals surface area contributed by atoms with E-state index in [9.17, 15) is 14.4 Å². The normalized spacial score (nSPS) is 22.5. The van der Waals surface area contributed by atoms with E-state index in [1.807, 2.05) is 36.4 Å². The molecule has 0 radical (unpaired) electrons. The number of hydrogen-bond donors (Lipinski definition) is 2. The predicted octanol–water partition coefficient (Wildman–Crippen LogP) is 1.95. The number of imide groups is 1. The number of hydrogen-bond acceptors (Lipinski definition) is 4. The number of aromatic amines is 1. The van der Waals surface area contributed by atoms with Crippen LogP contribution in [-0.4, -0.2) is 45.2 Å². The van der Waals surface area contributed by atoms with Crippen molar-refractivity contribution in [3.63, 3.8) is 0 Å². The van der Waals surface area contributed by atoms with Crippen molar-refractivity contribution in [3.05, 3.63) is 42.2 Å². The van der Waals surface area contributed by atoms with Crippen LogP contribution in [0.15, 0.2) is 36.4 Å². The molecule has 2 N–H and O–H groups in total. The summed E-state index contributed by atoms with van der Waals surface area (Å²) in [7, 11) is 0. The number of rotatable bonds is 6. The van der Waals surface area contributed by atoms with E-state index in [4.69, 9.17) is 0 Å². The summed E-state index contributed by atoms with van der Waals surface area (Å²) in [5, 5.41) is 2.84. The molecule has 7 nitrogen and oxygen atoms in total. The number of fused-ring (bicyclic) bond motifs is 2. The molecule has 1 aliphatic carbocycles. The van der Waals surface area contributed by atoms with E-state index in [0.717, 1.165) is 28.2 Å². The lowest BCUT2D eigenvalue weighted by molar-refractivity contribution is -0.147. The van der Waals surface area contributed by atoms with Crippen LogP contribution >= 0.6 is 0 Å². The Bertz CT molecular complexity index is 889. The van der Waals surface area contributed by atoms with E-state index in [2.05, 4.69) is 15.3 Å². The van der Waals surface area contributed by atoms with Crippen LogP contribution in [0.1, 0.15) is 32.0 Å². The van der Waals surface area contributed by atoms with Crippen molar-refractivity contribution in [1.29, 1.82) is 0 Å². The molecule has 7 heteroatoms. The molecule has 2 aliphatic rings. The van der Waals surface area contributed by atoms with Gasteiger partial charge in [0.25, 0.3) is 0 Å². The second-order valence-corrected chi connectivity index (χ2v) is 7.47. The summed E-state index contributed by atoms with van der Waals surface area (Å²) in [6, 6.07) is 7.06. The zero-order valence-electron chi connectivity index (χ0n) is 15.9. The predicted molar refractivity (Wildman–Crippen MR) is 104 cm³/mol. The van der Waals surface area contributed by atoms with Gasteiger partial charge in [0.05, 0.1) is 22.9 Å². The van der Waals surface area contributed by atoms with E-state index in [1.165, 1.54) is 0 Å². The maximum absolute atomic E-state index is 12.6. The molecule has 146 valence electrons. The van der Waals surface area contributed by atoms with E-state index >= 15 is 0 Å². The van der Waals surface area contributed by atoms with Gasteiger partial charge in [-0.1, -0.05) is 24.3 Å². The number of aromatic nitrogens is 2. The number of aryl methyl sites for hydroxylation is 1. The molecule has 1 aromatic heterocycles. The topological polar surface area (TPSA) is 95.2 Å². The first-order valence-electron chi connectivity index (χ1n) is 9.79. The third kappa shape index (κ3) is 3.32. The number of H-pyrrole nitrogens is 1. The van der Waals surface area contributed by atoms with Crippen LogP contribution in [0.5, 0.6) is 0 Å². The van der Waals surface area contributed by atoms with Crippen LogP contribution in [0.25, 0.3) is 11.0 Å². The smallest absolute Gasteiger partial charge is 0.243 e. The molecule has 2 aromatic rings. The molecule has 0 unspecified atom stereocenters. The van der Waals surface area contributed by atoms with Gasteiger partial charge in [-0.25, -0.2) is 4.98 Å². The number of allylic oxidation sites excluding steroid dienone is 2. The minimum Gasteiger partial charge on any atom is -0.354 e. The van der Waals surface area contributed by atoms with Gasteiger partial charge in [0.15, 0.2) is 0 Å². The molecule has 4 rings (SSSR count). The molecule has 0 bridgehead atoms. The van der Waals surface area contributed by atoms with Crippen LogP contribution in [0.3, 0.4) is 0 Å². The van der Waals surface area contributed by atoms with Gasteiger partial charge >= 0.3 is 0 Å². The van der Waals surface area contributed by atoms with Gasteiger partial charge in [-0.2, -0.15) is 0 Å².